The number of fused-ring (bicyclic) bond motifs is 1. The highest BCUT2D eigenvalue weighted by atomic mass is 32.2. The molecule has 0 atom stereocenters. The van der Waals surface area contributed by atoms with E-state index in [0.717, 1.165) is 16.1 Å². The standard InChI is InChI=1S/C16H20N4O3S2/c1-11-5-4-6-12(9-11)15(21)18-16-17-13-7-8-20(10-14(13)24-16)25(22,23)19(2)3/h4-6,9H,7-8,10H2,1-3H3,(H,17,18,21). The minimum atomic E-state index is -3.45. The topological polar surface area (TPSA) is 82.6 Å². The van der Waals surface area contributed by atoms with Crippen molar-refractivity contribution in [1.29, 1.82) is 0 Å². The molecule has 0 unspecified atom stereocenters. The maximum absolute atomic E-state index is 12.3. The number of hydrogen-bond donors (Lipinski definition) is 1. The smallest absolute Gasteiger partial charge is 0.281 e. The number of carbonyl (C=O) groups is 1. The molecule has 0 radical (unpaired) electrons. The number of carbonyl (C=O) groups excluding carboxylic acids is 1. The zero-order valence-corrected chi connectivity index (χ0v) is 15.9. The molecule has 0 saturated carbocycles. The fourth-order valence-corrected chi connectivity index (χ4v) is 4.79. The molecule has 1 aromatic heterocycles. The normalized spacial score (nSPS) is 15.2. The molecule has 0 bridgehead atoms. The molecular formula is C16H20N4O3S2. The molecule has 2 heterocycles. The summed E-state index contributed by atoms with van der Waals surface area (Å²) in [6.45, 7) is 2.61. The zero-order valence-electron chi connectivity index (χ0n) is 14.3. The number of nitrogens with zero attached hydrogens (tertiary/aromatic N) is 3. The average molecular weight is 380 g/mol. The van der Waals surface area contributed by atoms with E-state index in [1.54, 1.807) is 6.07 Å². The molecule has 1 aliphatic rings. The lowest BCUT2D eigenvalue weighted by Gasteiger charge is -2.27. The number of nitrogens with one attached hydrogen (secondary N) is 1. The van der Waals surface area contributed by atoms with Crippen molar-refractivity contribution in [3.63, 3.8) is 0 Å². The minimum Gasteiger partial charge on any atom is -0.298 e. The lowest BCUT2D eigenvalue weighted by Crippen LogP contribution is -2.42. The van der Waals surface area contributed by atoms with E-state index in [0.29, 0.717) is 23.7 Å². The van der Waals surface area contributed by atoms with Gasteiger partial charge in [-0.05, 0) is 19.1 Å². The van der Waals surface area contributed by atoms with Crippen molar-refractivity contribution in [3.8, 4) is 0 Å². The van der Waals surface area contributed by atoms with E-state index in [4.69, 9.17) is 0 Å². The average Bonchev–Trinajstić information content (AvgIpc) is 2.95. The number of anilines is 1. The van der Waals surface area contributed by atoms with E-state index in [2.05, 4.69) is 10.3 Å². The van der Waals surface area contributed by atoms with Crippen LogP contribution in [0, 0.1) is 6.92 Å². The van der Waals surface area contributed by atoms with Crippen LogP contribution in [0.2, 0.25) is 0 Å². The monoisotopic (exact) mass is 380 g/mol. The molecule has 2 aromatic rings. The Bertz CT molecular complexity index is 906. The Kier molecular flexibility index (Phi) is 4.92. The molecule has 0 saturated heterocycles. The maximum Gasteiger partial charge on any atom is 0.281 e. The molecule has 25 heavy (non-hydrogen) atoms. The van der Waals surface area contributed by atoms with Crippen LogP contribution in [0.1, 0.15) is 26.5 Å². The van der Waals surface area contributed by atoms with Crippen molar-refractivity contribution in [1.82, 2.24) is 13.6 Å². The minimum absolute atomic E-state index is 0.215. The van der Waals surface area contributed by atoms with Crippen LogP contribution in [0.5, 0.6) is 0 Å². The number of hydrogen-bond acceptors (Lipinski definition) is 5. The second kappa shape index (κ2) is 6.83. The van der Waals surface area contributed by atoms with Crippen molar-refractivity contribution < 1.29 is 13.2 Å². The van der Waals surface area contributed by atoms with Gasteiger partial charge in [0, 0.05) is 37.5 Å². The van der Waals surface area contributed by atoms with E-state index in [-0.39, 0.29) is 12.5 Å². The van der Waals surface area contributed by atoms with Gasteiger partial charge in [0.15, 0.2) is 5.13 Å². The van der Waals surface area contributed by atoms with Crippen LogP contribution in [-0.2, 0) is 23.2 Å². The summed E-state index contributed by atoms with van der Waals surface area (Å²) >= 11 is 1.33. The van der Waals surface area contributed by atoms with Crippen molar-refractivity contribution in [2.45, 2.75) is 19.9 Å². The molecule has 0 fully saturated rings. The summed E-state index contributed by atoms with van der Waals surface area (Å²) in [6.07, 6.45) is 0.541. The van der Waals surface area contributed by atoms with Crippen molar-refractivity contribution in [3.05, 3.63) is 46.0 Å². The van der Waals surface area contributed by atoms with Gasteiger partial charge in [0.2, 0.25) is 0 Å². The zero-order chi connectivity index (χ0) is 18.2. The number of thiazole rings is 1. The van der Waals surface area contributed by atoms with Crippen molar-refractivity contribution >= 4 is 32.6 Å². The highest BCUT2D eigenvalue weighted by molar-refractivity contribution is 7.86. The van der Waals surface area contributed by atoms with Gasteiger partial charge in [-0.1, -0.05) is 17.7 Å². The number of benzene rings is 1. The predicted molar refractivity (Wildman–Crippen MR) is 98.0 cm³/mol. The molecule has 1 aromatic carbocycles. The molecule has 0 aliphatic carbocycles. The van der Waals surface area contributed by atoms with Gasteiger partial charge >= 0.3 is 0 Å². The van der Waals surface area contributed by atoms with Crippen LogP contribution in [-0.4, -0.2) is 48.6 Å². The Hall–Kier alpha value is -1.81. The highest BCUT2D eigenvalue weighted by Crippen LogP contribution is 2.30. The van der Waals surface area contributed by atoms with E-state index < -0.39 is 10.2 Å². The fourth-order valence-electron chi connectivity index (χ4n) is 2.61. The molecule has 9 heteroatoms. The van der Waals surface area contributed by atoms with E-state index >= 15 is 0 Å². The third-order valence-corrected chi connectivity index (χ3v) is 6.87. The molecule has 134 valence electrons. The summed E-state index contributed by atoms with van der Waals surface area (Å²) in [5, 5.41) is 3.31. The third kappa shape index (κ3) is 3.74. The number of rotatable bonds is 4. The van der Waals surface area contributed by atoms with E-state index in [1.807, 2.05) is 25.1 Å². The van der Waals surface area contributed by atoms with Crippen LogP contribution in [0.4, 0.5) is 5.13 Å². The summed E-state index contributed by atoms with van der Waals surface area (Å²) in [4.78, 5) is 17.7. The Balaban J connectivity index is 1.76. The van der Waals surface area contributed by atoms with Crippen molar-refractivity contribution in [2.24, 2.45) is 0 Å². The first-order chi connectivity index (χ1) is 11.8. The highest BCUT2D eigenvalue weighted by Gasteiger charge is 2.30. The lowest BCUT2D eigenvalue weighted by atomic mass is 10.1. The Labute approximate surface area is 151 Å². The summed E-state index contributed by atoms with van der Waals surface area (Å²) in [5.41, 5.74) is 2.44. The Morgan fingerprint density at radius 2 is 2.12 bits per heavy atom. The van der Waals surface area contributed by atoms with Gasteiger partial charge in [-0.15, -0.1) is 11.3 Å². The van der Waals surface area contributed by atoms with Gasteiger partial charge in [0.25, 0.3) is 16.1 Å². The van der Waals surface area contributed by atoms with Crippen LogP contribution < -0.4 is 5.32 Å². The SMILES string of the molecule is Cc1cccc(C(=O)Nc2nc3c(s2)CN(S(=O)(=O)N(C)C)CC3)c1. The molecule has 0 spiro atoms. The second-order valence-electron chi connectivity index (χ2n) is 6.09. The van der Waals surface area contributed by atoms with Gasteiger partial charge in [-0.25, -0.2) is 4.98 Å². The Morgan fingerprint density at radius 3 is 2.80 bits per heavy atom. The van der Waals surface area contributed by atoms with Gasteiger partial charge < -0.3 is 0 Å². The molecule has 1 N–H and O–H groups in total. The summed E-state index contributed by atoms with van der Waals surface area (Å²) in [5.74, 6) is -0.215. The first-order valence-electron chi connectivity index (χ1n) is 7.81. The maximum atomic E-state index is 12.3. The van der Waals surface area contributed by atoms with Crippen LogP contribution >= 0.6 is 11.3 Å². The molecular weight excluding hydrogens is 360 g/mol. The van der Waals surface area contributed by atoms with Crippen molar-refractivity contribution in [2.75, 3.05) is 26.0 Å². The first-order valence-corrected chi connectivity index (χ1v) is 10.0. The van der Waals surface area contributed by atoms with Crippen LogP contribution in [0.3, 0.4) is 0 Å². The summed E-state index contributed by atoms with van der Waals surface area (Å²) < 4.78 is 27.2. The van der Waals surface area contributed by atoms with Crippen LogP contribution in [0.15, 0.2) is 24.3 Å². The van der Waals surface area contributed by atoms with Gasteiger partial charge in [0.1, 0.15) is 0 Å². The summed E-state index contributed by atoms with van der Waals surface area (Å²) in [7, 11) is -0.408. The van der Waals surface area contributed by atoms with Crippen LogP contribution in [0.25, 0.3) is 0 Å². The second-order valence-corrected chi connectivity index (χ2v) is 9.31. The molecule has 1 amide bonds. The molecule has 1 aliphatic heterocycles. The predicted octanol–water partition coefficient (Wildman–Crippen LogP) is 1.87. The third-order valence-electron chi connectivity index (χ3n) is 3.98. The number of aromatic nitrogens is 1. The first kappa shape index (κ1) is 18.0. The van der Waals surface area contributed by atoms with E-state index in [1.165, 1.54) is 34.0 Å². The number of amides is 1. The van der Waals surface area contributed by atoms with E-state index in [9.17, 15) is 13.2 Å². The fraction of sp³-hybridized carbons (Fsp3) is 0.375. The number of aryl methyl sites for hydroxylation is 1. The summed E-state index contributed by atoms with van der Waals surface area (Å²) in [6, 6.07) is 7.33. The van der Waals surface area contributed by atoms with Gasteiger partial charge in [-0.2, -0.15) is 17.0 Å². The molecule has 7 nitrogen and oxygen atoms in total. The largest absolute Gasteiger partial charge is 0.298 e. The Morgan fingerprint density at radius 1 is 1.36 bits per heavy atom. The van der Waals surface area contributed by atoms with Gasteiger partial charge in [-0.3, -0.25) is 10.1 Å². The quantitative estimate of drug-likeness (QED) is 0.878. The molecule has 3 rings (SSSR count). The lowest BCUT2D eigenvalue weighted by molar-refractivity contribution is 0.102. The van der Waals surface area contributed by atoms with Gasteiger partial charge in [0.05, 0.1) is 12.2 Å².